The van der Waals surface area contributed by atoms with Crippen LogP contribution < -0.4 is 42.1 Å². The van der Waals surface area contributed by atoms with Crippen LogP contribution in [0.3, 0.4) is 0 Å². The van der Waals surface area contributed by atoms with Crippen LogP contribution in [0.1, 0.15) is 125 Å². The standard InChI is InChI=1S/C14H13NO4.2C13H11NO4.C13H13NO3.C7H6O4.C7H8O2.CH3F.4CH4/c1-18-12-6-4-11(5-7-12)15-9-10(14(17)19-2)3-8-13(15)16;1-18-11-5-3-10(4-6-11)14-8-9(13(16)17)2-7-12(14)15;1-18-13(17)9-2-7-12(16)14(8-9)10-3-5-11(15)6-4-10;1-17-12-5-3-11(4-6-12)14-8-10(9-15)2-7-13(14)16;1-10-7(9)5-2-3-6(8)11-4-5;1-5-2-3-6(8)7(9)4-5;1-2;;;;/h3-9H,1-2H3;2-8H,1H3,(H,16,17);2-8,15H,1H3;2-8,15H,9H2,1H3;2-4H,1H3;2-4,8-9H,1H3;1H3;4*1H4/i1D3,4D,5D,6D,7D;1D3,3D,4D,5D,6D;3D,4D,5D,6D;1D3,3D,4D,5D,6D,9D2;;2D,3D,4D;1D;;;;/hD. The molecule has 0 spiro atoms. The normalized spacial score (nSPS) is 14.5. The molecule has 522 valence electrons. The number of carbonyl (C=O) groups excluding carboxylic acids is 3. The van der Waals surface area contributed by atoms with Gasteiger partial charge in [0.15, 0.2) is 11.5 Å². The van der Waals surface area contributed by atoms with Crippen molar-refractivity contribution < 1.29 is 124 Å². The van der Waals surface area contributed by atoms with Crippen LogP contribution in [0.15, 0.2) is 235 Å². The number of carboxylic acid groups (broad SMARTS) is 1. The molecule has 0 amide bonds. The van der Waals surface area contributed by atoms with E-state index >= 15 is 0 Å². The van der Waals surface area contributed by atoms with Crippen molar-refractivity contribution in [3.63, 3.8) is 0 Å². The zero-order valence-corrected chi connectivity index (χ0v) is 48.3. The Morgan fingerprint density at radius 3 is 1.19 bits per heavy atom. The maximum atomic E-state index is 12.1. The Morgan fingerprint density at radius 2 is 0.847 bits per heavy atom. The molecule has 0 unspecified atom stereocenters. The highest BCUT2D eigenvalue weighted by atomic mass is 19.1. The summed E-state index contributed by atoms with van der Waals surface area (Å²) in [5, 5.41) is 41.2. The number of carboxylic acids is 1. The molecule has 0 atom stereocenters. The van der Waals surface area contributed by atoms with Crippen LogP contribution in [-0.2, 0) is 20.8 Å². The second kappa shape index (κ2) is 43.3. The first-order valence-electron chi connectivity index (χ1n) is 40.9. The minimum atomic E-state index is -3.00. The van der Waals surface area contributed by atoms with Crippen LogP contribution in [-0.4, -0.2) is 119 Å². The van der Waals surface area contributed by atoms with Crippen molar-refractivity contribution in [2.45, 2.75) is 43.2 Å². The molecule has 10 aromatic rings. The number of aromatic hydroxyl groups is 3. The highest BCUT2D eigenvalue weighted by Crippen LogP contribution is 2.24. The first-order valence-corrected chi connectivity index (χ1v) is 24.8. The van der Waals surface area contributed by atoms with E-state index in [-0.39, 0.29) is 86.9 Å². The molecular formula is C72H81FN4O21. The molecule has 0 aliphatic rings. The first kappa shape index (κ1) is 44.9. The van der Waals surface area contributed by atoms with E-state index in [0.29, 0.717) is 9.13 Å². The Bertz CT molecular complexity index is 5970. The van der Waals surface area contributed by atoms with E-state index in [1.54, 1.807) is 0 Å². The van der Waals surface area contributed by atoms with Crippen LogP contribution in [0.4, 0.5) is 4.39 Å². The average Bonchev–Trinajstić information content (AvgIpc) is 0.757. The lowest BCUT2D eigenvalue weighted by Crippen LogP contribution is -2.18. The molecule has 0 aliphatic carbocycles. The van der Waals surface area contributed by atoms with Gasteiger partial charge in [0.25, 0.3) is 23.7 Å². The van der Waals surface area contributed by atoms with Crippen molar-refractivity contribution >= 4 is 23.9 Å². The number of carbonyl (C=O) groups is 4. The number of esters is 3. The third kappa shape index (κ3) is 25.7. The Morgan fingerprint density at radius 1 is 0.500 bits per heavy atom. The number of aromatic nitrogens is 4. The molecule has 98 heavy (non-hydrogen) atoms. The van der Waals surface area contributed by atoms with Crippen molar-refractivity contribution in [3.05, 3.63) is 292 Å². The lowest BCUT2D eigenvalue weighted by Gasteiger charge is -2.08. The number of rotatable bonds is 13. The van der Waals surface area contributed by atoms with Crippen molar-refractivity contribution in [1.82, 2.24) is 18.3 Å². The smallest absolute Gasteiger partial charge is 0.341 e. The molecule has 5 N–H and O–H groups in total. The number of aliphatic hydroxyl groups is 1. The number of phenols is 3. The third-order valence-corrected chi connectivity index (χ3v) is 10.5. The predicted octanol–water partition coefficient (Wildman–Crippen LogP) is 10.8. The van der Waals surface area contributed by atoms with Gasteiger partial charge in [0, 0.05) is 77.9 Å². The number of alkyl halides is 1. The number of pyridine rings is 4. The molecule has 10 rings (SSSR count). The van der Waals surface area contributed by atoms with Gasteiger partial charge in [-0.2, -0.15) is 0 Å². The molecule has 0 bridgehead atoms. The summed E-state index contributed by atoms with van der Waals surface area (Å²) < 4.78 is 282. The highest BCUT2D eigenvalue weighted by Gasteiger charge is 2.12. The topological polar surface area (TPSA) is 343 Å². The number of nitrogens with zero attached hydrogens (tertiary/aromatic N) is 4. The van der Waals surface area contributed by atoms with Crippen LogP contribution in [0.25, 0.3) is 22.7 Å². The summed E-state index contributed by atoms with van der Waals surface area (Å²) >= 11 is 0. The average molecular weight is 1390 g/mol. The van der Waals surface area contributed by atoms with E-state index in [0.717, 1.165) is 96.9 Å². The van der Waals surface area contributed by atoms with Gasteiger partial charge in [-0.3, -0.25) is 41.8 Å². The summed E-state index contributed by atoms with van der Waals surface area (Å²) in [6.07, 6.45) is 4.85. The Kier molecular flexibility index (Phi) is 19.9. The van der Waals surface area contributed by atoms with Gasteiger partial charge in [-0.15, -0.1) is 0 Å². The number of benzene rings is 5. The quantitative estimate of drug-likeness (QED) is 0.0407. The minimum absolute atomic E-state index is 0. The number of aromatic carboxylic acids is 1. The van der Waals surface area contributed by atoms with Gasteiger partial charge >= 0.3 is 29.5 Å². The summed E-state index contributed by atoms with van der Waals surface area (Å²) in [5.41, 5.74) is -5.57. The number of halogens is 1. The molecule has 25 nitrogen and oxygen atoms in total. The Hall–Kier alpha value is -12.6. The summed E-state index contributed by atoms with van der Waals surface area (Å²) in [5.74, 6) is -7.53. The maximum Gasteiger partial charge on any atom is 0.341 e. The van der Waals surface area contributed by atoms with E-state index in [4.69, 9.17) is 49.0 Å². The molecule has 0 fully saturated rings. The molecule has 5 aromatic heterocycles. The van der Waals surface area contributed by atoms with Gasteiger partial charge in [0.1, 0.15) is 29.3 Å². The fourth-order valence-corrected chi connectivity index (χ4v) is 6.20. The molecule has 0 saturated heterocycles. The van der Waals surface area contributed by atoms with Crippen molar-refractivity contribution in [2.24, 2.45) is 0 Å². The third-order valence-electron chi connectivity index (χ3n) is 10.5. The predicted molar refractivity (Wildman–Crippen MR) is 370 cm³/mol. The second-order valence-electron chi connectivity index (χ2n) is 16.5. The van der Waals surface area contributed by atoms with Crippen LogP contribution in [0.2, 0.25) is 0 Å². The van der Waals surface area contributed by atoms with Crippen molar-refractivity contribution in [1.29, 1.82) is 1.43 Å². The Labute approximate surface area is 609 Å². The molecule has 0 aliphatic heterocycles. The van der Waals surface area contributed by atoms with Crippen LogP contribution >= 0.6 is 0 Å². The highest BCUT2D eigenvalue weighted by molar-refractivity contribution is 5.90. The van der Waals surface area contributed by atoms with Crippen molar-refractivity contribution in [3.8, 4) is 57.2 Å². The molecule has 0 saturated carbocycles. The number of phenolic OH excluding ortho intramolecular Hbond substituents is 3. The number of methoxy groups -OCH3 is 6. The largest absolute Gasteiger partial charge is 0.508 e. The van der Waals surface area contributed by atoms with Gasteiger partial charge in [-0.05, 0) is 157 Å². The number of ether oxygens (including phenoxy) is 6. The van der Waals surface area contributed by atoms with Crippen LogP contribution in [0, 0.1) is 6.92 Å². The molecule has 5 heterocycles. The zero-order valence-electron chi connectivity index (χ0n) is 80.3. The Balaban J connectivity index is 0.00000155. The van der Waals surface area contributed by atoms with Gasteiger partial charge in [0.05, 0.1) is 121 Å². The second-order valence-corrected chi connectivity index (χ2v) is 16.5. The van der Waals surface area contributed by atoms with Crippen LogP contribution in [0.5, 0.6) is 34.5 Å². The minimum Gasteiger partial charge on any atom is -0.508 e. The van der Waals surface area contributed by atoms with E-state index in [9.17, 15) is 62.9 Å². The van der Waals surface area contributed by atoms with Gasteiger partial charge in [-0.25, -0.2) is 24.0 Å². The zero-order chi connectivity index (χ0) is 96.7. The SMILES string of the molecule is C.C.C.C.COC(=O)c1ccc(=O)oc1.[2H]CF.[2H]Oc1c([2H])c([2H])c(C)c([2H])c1O.[2H]c1c([2H])c(-n2cc(C(=O)O)ccc2=O)c([2H])c([2H])c1OC([2H])([2H])[2H].[2H]c1c([2H])c(-n2cc(C(=O)OC)ccc2=O)c([2H])c([2H])c1O.[2H]c1c([2H])c(-n2cc(C(=O)OC)ccc2=O)c([2H])c([2H])c1OC([2H])([2H])[2H].[2H]c1c([2H])c(-n2cc(C([2H])([2H])O)ccc2=O)c([2H])c([2H])c1OC([2H])([2H])[2H]. The number of hydrogen-bond acceptors (Lipinski definition) is 20. The first-order chi connectivity index (χ1) is 58.1. The van der Waals surface area contributed by atoms with Gasteiger partial charge in [-0.1, -0.05) is 35.7 Å². The summed E-state index contributed by atoms with van der Waals surface area (Å²) in [6, 6.07) is -1.78. The van der Waals surface area contributed by atoms with E-state index in [1.165, 1.54) is 32.2 Å². The molecule has 5 aromatic carbocycles. The van der Waals surface area contributed by atoms with E-state index < -0.39 is 235 Å². The summed E-state index contributed by atoms with van der Waals surface area (Å²) in [7, 11) is -6.43. The van der Waals surface area contributed by atoms with E-state index in [1.807, 2.05) is 0 Å². The van der Waals surface area contributed by atoms with Gasteiger partial charge in [0.2, 0.25) is 0 Å². The monoisotopic (exact) mass is 1390 g/mol. The van der Waals surface area contributed by atoms with E-state index in [2.05, 4.69) is 37.9 Å². The summed E-state index contributed by atoms with van der Waals surface area (Å²) in [6.45, 7) is -1.35. The fourth-order valence-electron chi connectivity index (χ4n) is 6.20. The molecular weight excluding hydrogens is 1280 g/mol. The maximum absolute atomic E-state index is 12.1. The molecule has 26 heteroatoms. The number of hydrogen-bond donors (Lipinski definition) is 5. The lowest BCUT2D eigenvalue weighted by molar-refractivity contribution is 0.0589. The van der Waals surface area contributed by atoms with Gasteiger partial charge < -0.3 is 58.4 Å². The lowest BCUT2D eigenvalue weighted by atomic mass is 10.2. The summed E-state index contributed by atoms with van der Waals surface area (Å²) in [4.78, 5) is 104. The van der Waals surface area contributed by atoms with Crippen molar-refractivity contribution in [2.75, 3.05) is 49.6 Å². The fraction of sp³-hybridized carbons (Fsp3) is 0.181. The molecule has 0 radical (unpaired) electrons.